The lowest BCUT2D eigenvalue weighted by Crippen LogP contribution is -2.40. The highest BCUT2D eigenvalue weighted by molar-refractivity contribution is 6.18. The first-order valence-corrected chi connectivity index (χ1v) is 16.2. The van der Waals surface area contributed by atoms with Crippen molar-refractivity contribution in [2.24, 2.45) is 5.92 Å². The number of carbonyl (C=O) groups is 1. The van der Waals surface area contributed by atoms with Crippen LogP contribution in [0.25, 0.3) is 54.7 Å². The van der Waals surface area contributed by atoms with Gasteiger partial charge in [0.25, 0.3) is 0 Å². The summed E-state index contributed by atoms with van der Waals surface area (Å²) in [6.45, 7) is 1.14. The maximum absolute atomic E-state index is 12.1. The Hall–Kier alpha value is -6.36. The lowest BCUT2D eigenvalue weighted by Gasteiger charge is -2.18. The Kier molecular flexibility index (Phi) is 7.56. The van der Waals surface area contributed by atoms with Gasteiger partial charge in [0.1, 0.15) is 11.7 Å². The van der Waals surface area contributed by atoms with Crippen LogP contribution in [0, 0.1) is 5.92 Å². The van der Waals surface area contributed by atoms with Crippen LogP contribution in [0.4, 0.5) is 0 Å². The largest absolute Gasteiger partial charge is 0.497 e. The second kappa shape index (κ2) is 12.3. The van der Waals surface area contributed by atoms with Gasteiger partial charge >= 0.3 is 5.97 Å². The van der Waals surface area contributed by atoms with Crippen LogP contribution in [-0.4, -0.2) is 24.1 Å². The molecule has 1 atom stereocenters. The van der Waals surface area contributed by atoms with Gasteiger partial charge in [0, 0.05) is 41.0 Å². The van der Waals surface area contributed by atoms with Crippen molar-refractivity contribution < 1.29 is 28.6 Å². The van der Waals surface area contributed by atoms with Gasteiger partial charge in [-0.15, -0.1) is 0 Å². The summed E-state index contributed by atoms with van der Waals surface area (Å²) < 4.78 is 10.0. The Bertz CT molecular complexity index is 2460. The van der Waals surface area contributed by atoms with Gasteiger partial charge in [-0.1, -0.05) is 66.7 Å². The van der Waals surface area contributed by atoms with Crippen molar-refractivity contribution in [3.05, 3.63) is 162 Å². The normalized spacial score (nSPS) is 14.3. The molecule has 6 nitrogen and oxygen atoms in total. The van der Waals surface area contributed by atoms with Crippen molar-refractivity contribution in [1.82, 2.24) is 0 Å². The number of rotatable bonds is 7. The Morgan fingerprint density at radius 3 is 1.61 bits per heavy atom. The van der Waals surface area contributed by atoms with Crippen molar-refractivity contribution in [2.75, 3.05) is 7.11 Å². The van der Waals surface area contributed by atoms with Gasteiger partial charge in [-0.25, -0.2) is 9.59 Å². The third-order valence-corrected chi connectivity index (χ3v) is 9.57. The molecule has 0 aliphatic heterocycles. The van der Waals surface area contributed by atoms with Crippen LogP contribution in [0.3, 0.4) is 0 Å². The topological polar surface area (TPSA) is 71.4 Å². The molecule has 5 aromatic carbocycles. The zero-order chi connectivity index (χ0) is 33.5. The third kappa shape index (κ3) is 5.16. The minimum absolute atomic E-state index is 0.166. The van der Waals surface area contributed by atoms with E-state index in [1.54, 1.807) is 25.3 Å². The van der Waals surface area contributed by atoms with Gasteiger partial charge in [-0.2, -0.15) is 9.13 Å². The number of nitrogens with zero attached hydrogens (tertiary/aromatic N) is 2. The average molecular weight is 641 g/mol. The molecule has 0 amide bonds. The van der Waals surface area contributed by atoms with E-state index in [0.29, 0.717) is 24.4 Å². The molecule has 0 fully saturated rings. The zero-order valence-electron chi connectivity index (χ0n) is 26.8. The third-order valence-electron chi connectivity index (χ3n) is 9.57. The number of carboxylic acids is 1. The highest BCUT2D eigenvalue weighted by atomic mass is 16.5. The molecule has 8 rings (SSSR count). The van der Waals surface area contributed by atoms with Crippen LogP contribution in [0.5, 0.6) is 0 Å². The number of hydrogen-bond acceptors (Lipinski definition) is 3. The molecule has 7 aromatic rings. The van der Waals surface area contributed by atoms with E-state index >= 15 is 0 Å². The molecule has 2 aromatic heterocycles. The summed E-state index contributed by atoms with van der Waals surface area (Å²) in [6.07, 6.45) is 5.72. The molecule has 1 N–H and O–H groups in total. The molecule has 0 spiro atoms. The lowest BCUT2D eigenvalue weighted by molar-refractivity contribution is -0.649. The monoisotopic (exact) mass is 640 g/mol. The molecule has 0 saturated heterocycles. The fraction of sp³-hybridized carbons (Fsp3) is 0.0930. The summed E-state index contributed by atoms with van der Waals surface area (Å²) >= 11 is 0. The SMILES string of the molecule is COC1=CC(=C=O)C(C[n+]2c3ccccc3c(-c3c4ccccc4[n+](Cc4ccc(C(=O)O)cc4)c4ccccc34)c3ccccc32)C=C1. The van der Waals surface area contributed by atoms with Gasteiger partial charge in [0.2, 0.25) is 22.1 Å². The molecule has 49 heavy (non-hydrogen) atoms. The maximum atomic E-state index is 12.1. The minimum atomic E-state index is -0.934. The van der Waals surface area contributed by atoms with Crippen LogP contribution in [-0.2, 0) is 22.6 Å². The number of methoxy groups -OCH3 is 1. The average Bonchev–Trinajstić information content (AvgIpc) is 3.15. The van der Waals surface area contributed by atoms with Gasteiger partial charge < -0.3 is 9.84 Å². The second-order valence-electron chi connectivity index (χ2n) is 12.3. The van der Waals surface area contributed by atoms with E-state index in [4.69, 9.17) is 4.74 Å². The van der Waals surface area contributed by atoms with Gasteiger partial charge in [0.05, 0.1) is 45.7 Å². The molecule has 1 unspecified atom stereocenters. The Morgan fingerprint density at radius 1 is 0.694 bits per heavy atom. The molecule has 0 bridgehead atoms. The molecule has 6 heteroatoms. The molecular formula is C43H32N2O4+2. The van der Waals surface area contributed by atoms with E-state index in [9.17, 15) is 14.7 Å². The molecular weight excluding hydrogens is 608 g/mol. The Morgan fingerprint density at radius 2 is 1.16 bits per heavy atom. The lowest BCUT2D eigenvalue weighted by atomic mass is 9.89. The predicted octanol–water partition coefficient (Wildman–Crippen LogP) is 7.76. The second-order valence-corrected chi connectivity index (χ2v) is 12.3. The molecule has 236 valence electrons. The van der Waals surface area contributed by atoms with Gasteiger partial charge in [-0.05, 0) is 48.6 Å². The first kappa shape index (κ1) is 30.0. The van der Waals surface area contributed by atoms with E-state index in [1.165, 1.54) is 0 Å². The number of aromatic nitrogens is 2. The number of fused-ring (bicyclic) bond motifs is 4. The van der Waals surface area contributed by atoms with Crippen LogP contribution < -0.4 is 9.13 Å². The number of allylic oxidation sites excluding steroid dienone is 4. The van der Waals surface area contributed by atoms with E-state index < -0.39 is 5.97 Å². The number of ether oxygens (including phenoxy) is 1. The number of carbonyl (C=O) groups excluding carboxylic acids is 1. The van der Waals surface area contributed by atoms with Crippen LogP contribution in [0.1, 0.15) is 15.9 Å². The summed E-state index contributed by atoms with van der Waals surface area (Å²) in [5.41, 5.74) is 8.46. The zero-order valence-corrected chi connectivity index (χ0v) is 26.8. The maximum Gasteiger partial charge on any atom is 0.335 e. The van der Waals surface area contributed by atoms with Crippen LogP contribution in [0.2, 0.25) is 0 Å². The number of carboxylic acid groups (broad SMARTS) is 1. The van der Waals surface area contributed by atoms with E-state index in [1.807, 2.05) is 24.3 Å². The number of para-hydroxylation sites is 4. The minimum Gasteiger partial charge on any atom is -0.497 e. The summed E-state index contributed by atoms with van der Waals surface area (Å²) in [5.74, 6) is 1.70. The highest BCUT2D eigenvalue weighted by Gasteiger charge is 2.29. The smallest absolute Gasteiger partial charge is 0.335 e. The van der Waals surface area contributed by atoms with Crippen molar-refractivity contribution in [1.29, 1.82) is 0 Å². The quantitative estimate of drug-likeness (QED) is 0.110. The molecule has 2 heterocycles. The molecule has 0 radical (unpaired) electrons. The number of aromatic carboxylic acids is 1. The first-order valence-electron chi connectivity index (χ1n) is 16.2. The summed E-state index contributed by atoms with van der Waals surface area (Å²) in [6, 6.07) is 41.2. The highest BCUT2D eigenvalue weighted by Crippen LogP contribution is 2.41. The molecule has 0 saturated carbocycles. The predicted molar refractivity (Wildman–Crippen MR) is 192 cm³/mol. The van der Waals surface area contributed by atoms with Crippen molar-refractivity contribution in [2.45, 2.75) is 13.1 Å². The number of hydrogen-bond donors (Lipinski definition) is 1. The van der Waals surface area contributed by atoms with Crippen molar-refractivity contribution >= 4 is 55.5 Å². The molecule has 1 aliphatic carbocycles. The number of benzene rings is 5. The summed E-state index contributed by atoms with van der Waals surface area (Å²) in [7, 11) is 1.60. The van der Waals surface area contributed by atoms with Crippen LogP contribution >= 0.6 is 0 Å². The fourth-order valence-corrected chi connectivity index (χ4v) is 7.28. The van der Waals surface area contributed by atoms with Gasteiger partial charge in [0.15, 0.2) is 13.1 Å². The Labute approximate surface area is 282 Å². The number of pyridine rings is 2. The standard InChI is InChI=1S/C43H31N2O4/c1-49-32-23-22-30(31(24-32)27-46)26-45-39-16-8-4-12-35(39)42(36-13-5-9-17-40(36)45)41-33-10-2-6-14-37(33)44(38-15-7-3-11-34(38)41)25-28-18-20-29(21-19-28)43(47)48/h2-24,30H,25-26H2,1H3/q+1/p+1. The first-order chi connectivity index (χ1) is 24.1. The van der Waals surface area contributed by atoms with Crippen LogP contribution in [0.15, 0.2) is 151 Å². The van der Waals surface area contributed by atoms with Gasteiger partial charge in [-0.3, -0.25) is 0 Å². The van der Waals surface area contributed by atoms with E-state index in [2.05, 4.69) is 112 Å². The summed E-state index contributed by atoms with van der Waals surface area (Å²) in [4.78, 5) is 23.6. The van der Waals surface area contributed by atoms with Crippen molar-refractivity contribution in [3.8, 4) is 11.1 Å². The fourth-order valence-electron chi connectivity index (χ4n) is 7.28. The van der Waals surface area contributed by atoms with E-state index in [-0.39, 0.29) is 11.5 Å². The van der Waals surface area contributed by atoms with E-state index in [0.717, 1.165) is 60.3 Å². The van der Waals surface area contributed by atoms with Crippen molar-refractivity contribution in [3.63, 3.8) is 0 Å². The Balaban J connectivity index is 1.40. The summed E-state index contributed by atoms with van der Waals surface area (Å²) in [5, 5.41) is 13.9. The molecule has 1 aliphatic rings.